The Morgan fingerprint density at radius 1 is 0.409 bits per heavy atom. The highest BCUT2D eigenvalue weighted by Crippen LogP contribution is 2.57. The molecule has 66 heavy (non-hydrogen) atoms. The molecule has 0 radical (unpaired) electrons. The van der Waals surface area contributed by atoms with Gasteiger partial charge in [0.1, 0.15) is 11.2 Å². The van der Waals surface area contributed by atoms with E-state index >= 15 is 0 Å². The fraction of sp³-hybridized carbons (Fsp3) is 0.0952. The minimum absolute atomic E-state index is 0.180. The first kappa shape index (κ1) is 38.4. The van der Waals surface area contributed by atoms with Crippen molar-refractivity contribution in [2.24, 2.45) is 0 Å². The zero-order valence-electron chi connectivity index (χ0n) is 37.4. The third-order valence-corrected chi connectivity index (χ3v) is 14.6. The second-order valence-corrected chi connectivity index (χ2v) is 19.1. The number of para-hydroxylation sites is 3. The van der Waals surface area contributed by atoms with Crippen LogP contribution in [0.4, 0.5) is 17.1 Å². The predicted molar refractivity (Wildman–Crippen MR) is 275 cm³/mol. The van der Waals surface area contributed by atoms with Gasteiger partial charge in [-0.15, -0.1) is 0 Å². The van der Waals surface area contributed by atoms with Gasteiger partial charge in [-0.3, -0.25) is 0 Å². The van der Waals surface area contributed by atoms with Crippen LogP contribution in [-0.2, 0) is 10.8 Å². The number of pyridine rings is 1. The van der Waals surface area contributed by atoms with Gasteiger partial charge < -0.3 is 9.32 Å². The van der Waals surface area contributed by atoms with Crippen LogP contribution in [0, 0.1) is 0 Å². The molecule has 0 atom stereocenters. The van der Waals surface area contributed by atoms with E-state index in [-0.39, 0.29) is 10.8 Å². The standard InChI is InChI=1S/C63H46N2O/c1-62(2)52-25-12-9-20-46(52)47-34-33-44(38-54(47)62)65(43-31-29-40(30-32-43)45-23-16-24-49-48-21-11-15-28-58(48)66-61(45)49)57-37-42(36-55-59(57)50-22-10-13-26-53(50)63(55,3)4)60-51(39-17-6-5-7-18-39)35-41-19-8-14-27-56(41)64-60/h5-38H,1-4H3. The molecule has 2 aromatic heterocycles. The van der Waals surface area contributed by atoms with Crippen molar-refractivity contribution in [2.75, 3.05) is 4.90 Å². The Morgan fingerprint density at radius 2 is 1.03 bits per heavy atom. The Labute approximate surface area is 385 Å². The fourth-order valence-electron chi connectivity index (χ4n) is 11.3. The SMILES string of the molecule is CC1(C)c2ccccc2-c2ccc(N(c3ccc(-c4cccc5c4oc4ccccc45)cc3)c3cc(-c4nc5ccccc5cc4-c4ccccc4)cc4c3-c3ccccc3C4(C)C)cc21. The Balaban J connectivity index is 1.08. The maximum absolute atomic E-state index is 6.55. The summed E-state index contributed by atoms with van der Waals surface area (Å²) in [7, 11) is 0. The van der Waals surface area contributed by atoms with Crippen molar-refractivity contribution >= 4 is 49.9 Å². The third kappa shape index (κ3) is 5.66. The van der Waals surface area contributed by atoms with Crippen LogP contribution < -0.4 is 4.90 Å². The number of aromatic nitrogens is 1. The summed E-state index contributed by atoms with van der Waals surface area (Å²) >= 11 is 0. The third-order valence-electron chi connectivity index (χ3n) is 14.6. The van der Waals surface area contributed by atoms with Gasteiger partial charge in [0.2, 0.25) is 0 Å². The Bertz CT molecular complexity index is 3760. The lowest BCUT2D eigenvalue weighted by Gasteiger charge is -2.31. The van der Waals surface area contributed by atoms with E-state index in [4.69, 9.17) is 9.40 Å². The van der Waals surface area contributed by atoms with Crippen molar-refractivity contribution < 1.29 is 4.42 Å². The van der Waals surface area contributed by atoms with E-state index in [0.29, 0.717) is 0 Å². The van der Waals surface area contributed by atoms with E-state index in [1.165, 1.54) is 44.5 Å². The zero-order chi connectivity index (χ0) is 44.3. The monoisotopic (exact) mass is 846 g/mol. The molecule has 13 rings (SSSR count). The first-order valence-electron chi connectivity index (χ1n) is 23.0. The molecule has 314 valence electrons. The van der Waals surface area contributed by atoms with E-state index in [1.54, 1.807) is 0 Å². The van der Waals surface area contributed by atoms with Crippen LogP contribution in [0.1, 0.15) is 49.9 Å². The Kier molecular flexibility index (Phi) is 8.30. The average Bonchev–Trinajstić information content (AvgIpc) is 3.94. The maximum Gasteiger partial charge on any atom is 0.143 e. The molecule has 0 aliphatic heterocycles. The Hall–Kier alpha value is -8.01. The molecular weight excluding hydrogens is 801 g/mol. The summed E-state index contributed by atoms with van der Waals surface area (Å²) in [4.78, 5) is 8.05. The van der Waals surface area contributed by atoms with Crippen molar-refractivity contribution in [3.05, 3.63) is 229 Å². The summed E-state index contributed by atoms with van der Waals surface area (Å²) in [5.74, 6) is 0. The smallest absolute Gasteiger partial charge is 0.143 e. The molecular formula is C63H46N2O. The highest BCUT2D eigenvalue weighted by Gasteiger charge is 2.40. The first-order valence-corrected chi connectivity index (χ1v) is 23.0. The van der Waals surface area contributed by atoms with Crippen LogP contribution in [0.3, 0.4) is 0 Å². The number of hydrogen-bond acceptors (Lipinski definition) is 3. The van der Waals surface area contributed by atoms with Crippen molar-refractivity contribution in [1.82, 2.24) is 4.98 Å². The van der Waals surface area contributed by atoms with Gasteiger partial charge in [-0.2, -0.15) is 0 Å². The van der Waals surface area contributed by atoms with Gasteiger partial charge in [-0.05, 0) is 105 Å². The lowest BCUT2D eigenvalue weighted by Crippen LogP contribution is -2.18. The van der Waals surface area contributed by atoms with Gasteiger partial charge in [0.15, 0.2) is 0 Å². The second kappa shape index (κ2) is 14.2. The summed E-state index contributed by atoms with van der Waals surface area (Å²) in [5.41, 5.74) is 22.6. The molecule has 0 spiro atoms. The molecule has 2 aliphatic rings. The van der Waals surface area contributed by atoms with E-state index in [9.17, 15) is 0 Å². The van der Waals surface area contributed by atoms with Crippen LogP contribution in [0.2, 0.25) is 0 Å². The van der Waals surface area contributed by atoms with Gasteiger partial charge in [0, 0.05) is 60.6 Å². The molecule has 0 N–H and O–H groups in total. The maximum atomic E-state index is 6.55. The molecule has 0 bridgehead atoms. The normalized spacial score (nSPS) is 14.0. The van der Waals surface area contributed by atoms with E-state index < -0.39 is 0 Å². The quantitative estimate of drug-likeness (QED) is 0.167. The first-order chi connectivity index (χ1) is 32.2. The number of anilines is 3. The molecule has 3 nitrogen and oxygen atoms in total. The van der Waals surface area contributed by atoms with Gasteiger partial charge in [-0.1, -0.05) is 179 Å². The van der Waals surface area contributed by atoms with Gasteiger partial charge >= 0.3 is 0 Å². The summed E-state index contributed by atoms with van der Waals surface area (Å²) in [5, 5.41) is 3.38. The lowest BCUT2D eigenvalue weighted by molar-refractivity contribution is 0.660. The minimum atomic E-state index is -0.275. The topological polar surface area (TPSA) is 29.3 Å². The predicted octanol–water partition coefficient (Wildman–Crippen LogP) is 17.2. The van der Waals surface area contributed by atoms with Crippen molar-refractivity contribution in [2.45, 2.75) is 38.5 Å². The van der Waals surface area contributed by atoms with Gasteiger partial charge in [-0.25, -0.2) is 4.98 Å². The number of fused-ring (bicyclic) bond motifs is 10. The second-order valence-electron chi connectivity index (χ2n) is 19.1. The van der Waals surface area contributed by atoms with Crippen molar-refractivity contribution in [3.63, 3.8) is 0 Å². The Morgan fingerprint density at radius 3 is 1.86 bits per heavy atom. The summed E-state index contributed by atoms with van der Waals surface area (Å²) in [6.07, 6.45) is 0. The van der Waals surface area contributed by atoms with Crippen molar-refractivity contribution in [1.29, 1.82) is 0 Å². The van der Waals surface area contributed by atoms with Crippen LogP contribution in [0.25, 0.3) is 88.6 Å². The number of rotatable bonds is 6. The zero-order valence-corrected chi connectivity index (χ0v) is 37.4. The lowest BCUT2D eigenvalue weighted by atomic mass is 9.81. The summed E-state index contributed by atoms with van der Waals surface area (Å²) in [6, 6.07) is 75.3. The van der Waals surface area contributed by atoms with Crippen LogP contribution in [0.5, 0.6) is 0 Å². The van der Waals surface area contributed by atoms with Gasteiger partial charge in [0.25, 0.3) is 0 Å². The fourth-order valence-corrected chi connectivity index (χ4v) is 11.3. The van der Waals surface area contributed by atoms with Crippen molar-refractivity contribution in [3.8, 4) is 55.8 Å². The van der Waals surface area contributed by atoms with Crippen LogP contribution in [0.15, 0.2) is 211 Å². The number of hydrogen-bond donors (Lipinski definition) is 0. The van der Waals surface area contributed by atoms with E-state index in [1.807, 2.05) is 6.07 Å². The molecule has 2 heterocycles. The van der Waals surface area contributed by atoms with Gasteiger partial charge in [0.05, 0.1) is 16.9 Å². The van der Waals surface area contributed by atoms with Crippen LogP contribution in [-0.4, -0.2) is 4.98 Å². The highest BCUT2D eigenvalue weighted by atomic mass is 16.3. The van der Waals surface area contributed by atoms with E-state index in [2.05, 4.69) is 233 Å². The highest BCUT2D eigenvalue weighted by molar-refractivity contribution is 6.10. The largest absolute Gasteiger partial charge is 0.455 e. The number of furan rings is 1. The summed E-state index contributed by atoms with van der Waals surface area (Å²) < 4.78 is 6.55. The van der Waals surface area contributed by atoms with Crippen LogP contribution >= 0.6 is 0 Å². The molecule has 11 aromatic rings. The molecule has 0 saturated heterocycles. The number of benzene rings is 9. The molecule has 3 heteroatoms. The minimum Gasteiger partial charge on any atom is -0.455 e. The average molecular weight is 847 g/mol. The molecule has 0 unspecified atom stereocenters. The van der Waals surface area contributed by atoms with E-state index in [0.717, 1.165) is 83.4 Å². The molecule has 0 amide bonds. The molecule has 0 saturated carbocycles. The molecule has 9 aromatic carbocycles. The summed E-state index contributed by atoms with van der Waals surface area (Å²) in [6.45, 7) is 9.49. The molecule has 2 aliphatic carbocycles. The molecule has 0 fully saturated rings. The number of nitrogens with zero attached hydrogens (tertiary/aromatic N) is 2.